The normalized spacial score (nSPS) is 11.0. The molecule has 2 aromatic heterocycles. The highest BCUT2D eigenvalue weighted by Crippen LogP contribution is 2.26. The van der Waals surface area contributed by atoms with Gasteiger partial charge in [-0.05, 0) is 48.4 Å². The summed E-state index contributed by atoms with van der Waals surface area (Å²) in [7, 11) is 0. The predicted molar refractivity (Wildman–Crippen MR) is 113 cm³/mol. The molecule has 0 radical (unpaired) electrons. The maximum Gasteiger partial charge on any atom is 0.259 e. The average molecular weight is 407 g/mol. The van der Waals surface area contributed by atoms with Gasteiger partial charge < -0.3 is 9.73 Å². The molecule has 0 saturated carbocycles. The molecule has 0 fully saturated rings. The Balaban J connectivity index is 1.64. The number of nitrogens with one attached hydrogen (secondary N) is 1. The molecule has 0 unspecified atom stereocenters. The van der Waals surface area contributed by atoms with Crippen molar-refractivity contribution in [3.8, 4) is 17.1 Å². The Morgan fingerprint density at radius 1 is 1.17 bits per heavy atom. The van der Waals surface area contributed by atoms with Crippen molar-refractivity contribution in [3.05, 3.63) is 83.5 Å². The van der Waals surface area contributed by atoms with Crippen molar-refractivity contribution < 1.29 is 9.21 Å². The summed E-state index contributed by atoms with van der Waals surface area (Å²) in [5.41, 5.74) is 3.64. The molecule has 146 valence electrons. The van der Waals surface area contributed by atoms with Crippen LogP contribution in [0.5, 0.6) is 0 Å². The minimum absolute atomic E-state index is 0.0904. The number of benzene rings is 2. The number of hydrogen-bond donors (Lipinski definition) is 1. The van der Waals surface area contributed by atoms with E-state index in [4.69, 9.17) is 16.0 Å². The van der Waals surface area contributed by atoms with Crippen LogP contribution in [0.15, 0.2) is 71.6 Å². The molecule has 2 aromatic carbocycles. The number of hydrogen-bond acceptors (Lipinski definition) is 4. The van der Waals surface area contributed by atoms with E-state index in [-0.39, 0.29) is 11.8 Å². The minimum Gasteiger partial charge on any atom is -0.445 e. The number of carbonyl (C=O) groups is 1. The van der Waals surface area contributed by atoms with Crippen molar-refractivity contribution >= 4 is 23.2 Å². The lowest BCUT2D eigenvalue weighted by molar-refractivity contribution is 0.102. The highest BCUT2D eigenvalue weighted by molar-refractivity contribution is 6.30. The van der Waals surface area contributed by atoms with Crippen molar-refractivity contribution in [3.63, 3.8) is 0 Å². The van der Waals surface area contributed by atoms with Crippen LogP contribution in [-0.4, -0.2) is 20.7 Å². The smallest absolute Gasteiger partial charge is 0.259 e. The summed E-state index contributed by atoms with van der Waals surface area (Å²) in [6.45, 7) is 4.06. The molecule has 1 N–H and O–H groups in total. The van der Waals surface area contributed by atoms with Crippen LogP contribution in [0.25, 0.3) is 17.1 Å². The van der Waals surface area contributed by atoms with Gasteiger partial charge in [0.1, 0.15) is 6.26 Å². The molecule has 0 saturated heterocycles. The summed E-state index contributed by atoms with van der Waals surface area (Å²) in [4.78, 5) is 17.2. The third-order valence-corrected chi connectivity index (χ3v) is 4.72. The zero-order valence-corrected chi connectivity index (χ0v) is 16.7. The van der Waals surface area contributed by atoms with Crippen LogP contribution in [0.1, 0.15) is 35.8 Å². The van der Waals surface area contributed by atoms with Gasteiger partial charge in [-0.1, -0.05) is 31.5 Å². The lowest BCUT2D eigenvalue weighted by Crippen LogP contribution is -2.15. The Morgan fingerprint density at radius 3 is 2.66 bits per heavy atom. The van der Waals surface area contributed by atoms with Crippen LogP contribution in [0.2, 0.25) is 5.02 Å². The molecule has 29 heavy (non-hydrogen) atoms. The fourth-order valence-corrected chi connectivity index (χ4v) is 3.30. The number of halogens is 1. The number of amides is 1. The zero-order chi connectivity index (χ0) is 20.4. The quantitative estimate of drug-likeness (QED) is 0.471. The van der Waals surface area contributed by atoms with Gasteiger partial charge in [0.2, 0.25) is 5.89 Å². The van der Waals surface area contributed by atoms with E-state index in [9.17, 15) is 4.79 Å². The molecular formula is C22H19ClN4O2. The van der Waals surface area contributed by atoms with Gasteiger partial charge in [0.05, 0.1) is 29.3 Å². The first-order valence-electron chi connectivity index (χ1n) is 9.18. The van der Waals surface area contributed by atoms with Crippen LogP contribution < -0.4 is 5.32 Å². The second-order valence-electron chi connectivity index (χ2n) is 6.86. The van der Waals surface area contributed by atoms with Crippen molar-refractivity contribution in [1.82, 2.24) is 14.8 Å². The lowest BCUT2D eigenvalue weighted by atomic mass is 10.0. The van der Waals surface area contributed by atoms with Gasteiger partial charge in [0.15, 0.2) is 0 Å². The van der Waals surface area contributed by atoms with Gasteiger partial charge in [0.25, 0.3) is 5.91 Å². The molecule has 2 heterocycles. The summed E-state index contributed by atoms with van der Waals surface area (Å²) in [5.74, 6) is 0.366. The highest BCUT2D eigenvalue weighted by Gasteiger charge is 2.21. The third kappa shape index (κ3) is 3.93. The number of rotatable bonds is 5. The molecule has 4 rings (SSSR count). The Kier molecular flexibility index (Phi) is 5.18. The van der Waals surface area contributed by atoms with E-state index in [2.05, 4.69) is 15.4 Å². The Labute approximate surface area is 173 Å². The largest absolute Gasteiger partial charge is 0.445 e. The SMILES string of the molecule is CC(C)c1c(C(=O)Nc2cccc(-c3ncco3)c2)cnn1-c1ccc(Cl)cc1. The number of oxazole rings is 1. The molecule has 7 heteroatoms. The fourth-order valence-electron chi connectivity index (χ4n) is 3.17. The molecule has 0 aliphatic carbocycles. The van der Waals surface area contributed by atoms with E-state index in [1.165, 1.54) is 6.26 Å². The average Bonchev–Trinajstić information content (AvgIpc) is 3.39. The molecule has 0 spiro atoms. The third-order valence-electron chi connectivity index (χ3n) is 4.47. The summed E-state index contributed by atoms with van der Waals surface area (Å²) in [6.07, 6.45) is 4.69. The van der Waals surface area contributed by atoms with Gasteiger partial charge >= 0.3 is 0 Å². The Bertz CT molecular complexity index is 1130. The second kappa shape index (κ2) is 7.93. The summed E-state index contributed by atoms with van der Waals surface area (Å²) >= 11 is 5.99. The topological polar surface area (TPSA) is 73.0 Å². The Morgan fingerprint density at radius 2 is 1.97 bits per heavy atom. The van der Waals surface area contributed by atoms with E-state index in [1.807, 2.05) is 50.2 Å². The molecule has 0 aliphatic heterocycles. The number of carbonyl (C=O) groups excluding carboxylic acids is 1. The fraction of sp³-hybridized carbons (Fsp3) is 0.136. The van der Waals surface area contributed by atoms with Gasteiger partial charge in [-0.2, -0.15) is 5.10 Å². The Hall–Kier alpha value is -3.38. The maximum absolute atomic E-state index is 13.0. The van der Waals surface area contributed by atoms with Crippen molar-refractivity contribution in [2.45, 2.75) is 19.8 Å². The van der Waals surface area contributed by atoms with Crippen molar-refractivity contribution in [2.24, 2.45) is 0 Å². The van der Waals surface area contributed by atoms with Crippen LogP contribution in [-0.2, 0) is 0 Å². The van der Waals surface area contributed by atoms with Crippen LogP contribution in [0, 0.1) is 0 Å². The first-order chi connectivity index (χ1) is 14.0. The first kappa shape index (κ1) is 19.0. The number of anilines is 1. The monoisotopic (exact) mass is 406 g/mol. The van der Waals surface area contributed by atoms with Crippen molar-refractivity contribution in [2.75, 3.05) is 5.32 Å². The zero-order valence-electron chi connectivity index (χ0n) is 16.0. The first-order valence-corrected chi connectivity index (χ1v) is 9.56. The molecule has 0 bridgehead atoms. The van der Waals surface area contributed by atoms with E-state index in [0.717, 1.165) is 16.9 Å². The van der Waals surface area contributed by atoms with E-state index in [1.54, 1.807) is 29.2 Å². The molecule has 0 aliphatic rings. The highest BCUT2D eigenvalue weighted by atomic mass is 35.5. The van der Waals surface area contributed by atoms with Crippen LogP contribution in [0.3, 0.4) is 0 Å². The number of nitrogens with zero attached hydrogens (tertiary/aromatic N) is 3. The van der Waals surface area contributed by atoms with Crippen LogP contribution in [0.4, 0.5) is 5.69 Å². The summed E-state index contributed by atoms with van der Waals surface area (Å²) in [5, 5.41) is 8.04. The predicted octanol–water partition coefficient (Wildman–Crippen LogP) is 5.56. The number of aromatic nitrogens is 3. The summed E-state index contributed by atoms with van der Waals surface area (Å²) < 4.78 is 7.11. The lowest BCUT2D eigenvalue weighted by Gasteiger charge is -2.13. The maximum atomic E-state index is 13.0. The second-order valence-corrected chi connectivity index (χ2v) is 7.30. The standard InChI is InChI=1S/C22H19ClN4O2/c1-14(2)20-19(13-25-27(20)18-8-6-16(23)7-9-18)21(28)26-17-5-3-4-15(12-17)22-24-10-11-29-22/h3-14H,1-2H3,(H,26,28). The molecular weight excluding hydrogens is 388 g/mol. The van der Waals surface area contributed by atoms with Crippen molar-refractivity contribution in [1.29, 1.82) is 0 Å². The molecule has 6 nitrogen and oxygen atoms in total. The van der Waals surface area contributed by atoms with E-state index >= 15 is 0 Å². The molecule has 0 atom stereocenters. The minimum atomic E-state index is -0.224. The van der Waals surface area contributed by atoms with Gasteiger partial charge in [-0.25, -0.2) is 9.67 Å². The van der Waals surface area contributed by atoms with Gasteiger partial charge in [-0.15, -0.1) is 0 Å². The van der Waals surface area contributed by atoms with E-state index in [0.29, 0.717) is 22.2 Å². The molecule has 4 aromatic rings. The van der Waals surface area contributed by atoms with Gasteiger partial charge in [0, 0.05) is 16.3 Å². The van der Waals surface area contributed by atoms with Gasteiger partial charge in [-0.3, -0.25) is 4.79 Å². The van der Waals surface area contributed by atoms with Crippen LogP contribution >= 0.6 is 11.6 Å². The summed E-state index contributed by atoms with van der Waals surface area (Å²) in [6, 6.07) is 14.7. The van der Waals surface area contributed by atoms with E-state index < -0.39 is 0 Å². The molecule has 1 amide bonds.